The minimum Gasteiger partial charge on any atom is -0.282 e. The van der Waals surface area contributed by atoms with E-state index in [0.29, 0.717) is 0 Å². The molecule has 16 heteroatoms. The summed E-state index contributed by atoms with van der Waals surface area (Å²) in [6.07, 6.45) is -22.0. The smallest absolute Gasteiger partial charge is 0.282 e. The van der Waals surface area contributed by atoms with Crippen molar-refractivity contribution >= 4 is 16.8 Å². The summed E-state index contributed by atoms with van der Waals surface area (Å²) in [6, 6.07) is 0. The number of carbonyl (C=O) groups excluding carboxylic acids is 1. The summed E-state index contributed by atoms with van der Waals surface area (Å²) < 4.78 is 161. The lowest BCUT2D eigenvalue weighted by Crippen LogP contribution is -2.68. The van der Waals surface area contributed by atoms with Crippen molar-refractivity contribution in [2.24, 2.45) is 0 Å². The lowest BCUT2D eigenvalue weighted by atomic mass is 10.1. The molecule has 0 saturated carbocycles. The molecule has 0 rings (SSSR count). The van der Waals surface area contributed by atoms with Crippen LogP contribution in [-0.4, -0.2) is 41.4 Å². The first kappa shape index (κ1) is 22.0. The predicted molar refractivity (Wildman–Crippen MR) is 42.7 cm³/mol. The first-order valence-electron chi connectivity index (χ1n) is 4.51. The summed E-state index contributed by atoms with van der Waals surface area (Å²) in [6.45, 7) is 0. The molecule has 0 aliphatic heterocycles. The summed E-state index contributed by atoms with van der Waals surface area (Å²) in [5.41, 5.74) is 0. The Morgan fingerprint density at radius 1 is 0.652 bits per heavy atom. The number of rotatable bonds is 4. The average Bonchev–Trinajstić information content (AvgIpc) is 2.23. The molecular weight excluding hydrogens is 399 g/mol. The van der Waals surface area contributed by atoms with Crippen molar-refractivity contribution in [3.8, 4) is 0 Å². The first-order valence-corrected chi connectivity index (χ1v) is 4.89. The molecule has 0 aliphatic carbocycles. The fraction of sp³-hybridized carbons (Fsp3) is 0.857. The second-order valence-electron chi connectivity index (χ2n) is 3.63. The molecule has 2 atom stereocenters. The summed E-state index contributed by atoms with van der Waals surface area (Å²) in [5, 5.41) is -3.67. The molecule has 0 spiro atoms. The van der Waals surface area contributed by atoms with E-state index in [1.54, 1.807) is 4.74 Å². The number of hydrogen-bond acceptors (Lipinski definition) is 2. The quantitative estimate of drug-likeness (QED) is 0.518. The van der Waals surface area contributed by atoms with Crippen molar-refractivity contribution < 1.29 is 66.6 Å². The molecule has 138 valence electrons. The van der Waals surface area contributed by atoms with Crippen LogP contribution < -0.4 is 0 Å². The maximum Gasteiger partial charge on any atom is 0.459 e. The number of carbonyl (C=O) groups is 1. The van der Waals surface area contributed by atoms with Gasteiger partial charge in [-0.2, -0.15) is 57.1 Å². The molecule has 0 saturated heterocycles. The third-order valence-corrected chi connectivity index (χ3v) is 2.27. The maximum atomic E-state index is 13.2. The second kappa shape index (κ2) is 5.53. The highest BCUT2D eigenvalue weighted by molar-refractivity contribution is 6.65. The summed E-state index contributed by atoms with van der Waals surface area (Å²) in [4.78, 5) is 10.2. The standard InChI is InChI=1S/C7ClF13O2/c8-1(22)2(9,5(13,14)15)23-4(12,7(19,20)21)3(10,11)6(16,17)18. The largest absolute Gasteiger partial charge is 0.459 e. The molecule has 0 aromatic heterocycles. The van der Waals surface area contributed by atoms with Crippen LogP contribution in [0.5, 0.6) is 0 Å². The van der Waals surface area contributed by atoms with Crippen molar-refractivity contribution in [2.45, 2.75) is 36.2 Å². The highest BCUT2D eigenvalue weighted by Gasteiger charge is 2.86. The molecule has 0 amide bonds. The van der Waals surface area contributed by atoms with Gasteiger partial charge in [-0.05, 0) is 11.6 Å². The van der Waals surface area contributed by atoms with Gasteiger partial charge in [0, 0.05) is 0 Å². The van der Waals surface area contributed by atoms with E-state index in [1.165, 1.54) is 0 Å². The molecular formula is C7ClF13O2. The molecule has 0 fully saturated rings. The topological polar surface area (TPSA) is 26.3 Å². The van der Waals surface area contributed by atoms with Crippen LogP contribution in [0.1, 0.15) is 0 Å². The Labute approximate surface area is 121 Å². The zero-order valence-corrected chi connectivity index (χ0v) is 10.4. The van der Waals surface area contributed by atoms with Gasteiger partial charge in [-0.3, -0.25) is 9.53 Å². The van der Waals surface area contributed by atoms with Crippen LogP contribution in [0, 0.1) is 0 Å². The Kier molecular flexibility index (Phi) is 5.29. The minimum absolute atomic E-state index is 1.67. The summed E-state index contributed by atoms with van der Waals surface area (Å²) in [5.74, 6) is -22.0. The molecule has 0 aromatic rings. The second-order valence-corrected chi connectivity index (χ2v) is 3.98. The van der Waals surface area contributed by atoms with Crippen LogP contribution in [-0.2, 0) is 9.53 Å². The first-order chi connectivity index (χ1) is 9.65. The Bertz CT molecular complexity index is 464. The zero-order chi connectivity index (χ0) is 19.3. The van der Waals surface area contributed by atoms with Gasteiger partial charge in [0.2, 0.25) is 0 Å². The molecule has 0 aromatic carbocycles. The average molecular weight is 399 g/mol. The maximum absolute atomic E-state index is 13.2. The van der Waals surface area contributed by atoms with Crippen LogP contribution in [0.15, 0.2) is 0 Å². The van der Waals surface area contributed by atoms with Gasteiger partial charge in [0.1, 0.15) is 0 Å². The Morgan fingerprint density at radius 2 is 1.00 bits per heavy atom. The lowest BCUT2D eigenvalue weighted by Gasteiger charge is -2.38. The van der Waals surface area contributed by atoms with Crippen LogP contribution in [0.2, 0.25) is 0 Å². The van der Waals surface area contributed by atoms with Gasteiger partial charge in [-0.15, -0.1) is 0 Å². The molecule has 0 radical (unpaired) electrons. The number of hydrogen-bond donors (Lipinski definition) is 0. The number of halogens is 14. The van der Waals surface area contributed by atoms with Crippen molar-refractivity contribution in [1.29, 1.82) is 0 Å². The van der Waals surface area contributed by atoms with E-state index in [1.807, 2.05) is 0 Å². The van der Waals surface area contributed by atoms with Crippen molar-refractivity contribution in [3.05, 3.63) is 0 Å². The Balaban J connectivity index is 6.43. The van der Waals surface area contributed by atoms with Crippen LogP contribution in [0.4, 0.5) is 57.1 Å². The van der Waals surface area contributed by atoms with E-state index in [2.05, 4.69) is 11.6 Å². The van der Waals surface area contributed by atoms with Gasteiger partial charge in [0.15, 0.2) is 0 Å². The third kappa shape index (κ3) is 3.44. The third-order valence-electron chi connectivity index (χ3n) is 2.02. The van der Waals surface area contributed by atoms with E-state index in [4.69, 9.17) is 0 Å². The molecule has 2 nitrogen and oxygen atoms in total. The summed E-state index contributed by atoms with van der Waals surface area (Å²) >= 11 is 3.87. The van der Waals surface area contributed by atoms with Gasteiger partial charge in [0.25, 0.3) is 5.24 Å². The van der Waals surface area contributed by atoms with Crippen LogP contribution in [0.25, 0.3) is 0 Å². The molecule has 0 bridgehead atoms. The van der Waals surface area contributed by atoms with E-state index < -0.39 is 41.4 Å². The normalized spacial score (nSPS) is 19.9. The fourth-order valence-corrected chi connectivity index (χ4v) is 1.03. The van der Waals surface area contributed by atoms with Crippen molar-refractivity contribution in [1.82, 2.24) is 0 Å². The Hall–Kier alpha value is -0.990. The highest BCUT2D eigenvalue weighted by Crippen LogP contribution is 2.56. The summed E-state index contributed by atoms with van der Waals surface area (Å²) in [7, 11) is 0. The minimum atomic E-state index is -7.73. The van der Waals surface area contributed by atoms with Gasteiger partial charge >= 0.3 is 36.2 Å². The van der Waals surface area contributed by atoms with Crippen LogP contribution >= 0.6 is 11.6 Å². The van der Waals surface area contributed by atoms with E-state index in [-0.39, 0.29) is 0 Å². The molecule has 0 N–H and O–H groups in total. The number of ether oxygens (including phenoxy) is 1. The van der Waals surface area contributed by atoms with Gasteiger partial charge in [-0.1, -0.05) is 0 Å². The highest BCUT2D eigenvalue weighted by atomic mass is 35.5. The monoisotopic (exact) mass is 398 g/mol. The predicted octanol–water partition coefficient (Wildman–Crippen LogP) is 4.42. The zero-order valence-electron chi connectivity index (χ0n) is 9.61. The molecule has 0 heterocycles. The molecule has 23 heavy (non-hydrogen) atoms. The fourth-order valence-electron chi connectivity index (χ4n) is 0.885. The van der Waals surface area contributed by atoms with E-state index in [9.17, 15) is 61.9 Å². The number of alkyl halides is 13. The molecule has 0 aliphatic rings. The Morgan fingerprint density at radius 3 is 1.17 bits per heavy atom. The lowest BCUT2D eigenvalue weighted by molar-refractivity contribution is -0.490. The van der Waals surface area contributed by atoms with Gasteiger partial charge in [0.05, 0.1) is 0 Å². The van der Waals surface area contributed by atoms with Gasteiger partial charge < -0.3 is 0 Å². The van der Waals surface area contributed by atoms with Gasteiger partial charge in [-0.25, -0.2) is 0 Å². The van der Waals surface area contributed by atoms with Crippen LogP contribution in [0.3, 0.4) is 0 Å². The van der Waals surface area contributed by atoms with Crippen molar-refractivity contribution in [2.75, 3.05) is 0 Å². The van der Waals surface area contributed by atoms with Crippen molar-refractivity contribution in [3.63, 3.8) is 0 Å². The SMILES string of the molecule is O=C(Cl)C(F)(OC(F)(C(F)(F)F)C(F)(F)C(F)(F)F)C(F)(F)F. The van der Waals surface area contributed by atoms with E-state index >= 15 is 0 Å². The molecule has 2 unspecified atom stereocenters. The van der Waals surface area contributed by atoms with E-state index in [0.717, 1.165) is 0 Å².